The van der Waals surface area contributed by atoms with Crippen LogP contribution in [0.5, 0.6) is 0 Å². The Hall–Kier alpha value is -0.740. The molecule has 0 aliphatic carbocycles. The first kappa shape index (κ1) is 13.7. The molecule has 0 amide bonds. The van der Waals surface area contributed by atoms with Gasteiger partial charge >= 0.3 is 0 Å². The lowest BCUT2D eigenvalue weighted by molar-refractivity contribution is 0.624. The highest BCUT2D eigenvalue weighted by Gasteiger charge is 2.23. The summed E-state index contributed by atoms with van der Waals surface area (Å²) < 4.78 is 13.3. The van der Waals surface area contributed by atoms with Crippen LogP contribution in [0.4, 0.5) is 10.1 Å². The van der Waals surface area contributed by atoms with Gasteiger partial charge in [-0.25, -0.2) is 4.39 Å². The van der Waals surface area contributed by atoms with Crippen LogP contribution in [0.15, 0.2) is 18.2 Å². The van der Waals surface area contributed by atoms with Crippen LogP contribution in [0.25, 0.3) is 0 Å². The van der Waals surface area contributed by atoms with Gasteiger partial charge in [-0.05, 0) is 36.7 Å². The molecular weight excluding hydrogens is 247 g/mol. The Balaban J connectivity index is 2.25. The third kappa shape index (κ3) is 3.18. The summed E-state index contributed by atoms with van der Waals surface area (Å²) >= 11 is 2.02. The molecule has 100 valence electrons. The SMILES string of the molecule is CC1CN(c2ccc(F)cc2CCN)CC(C)S1. The number of halogens is 1. The highest BCUT2D eigenvalue weighted by atomic mass is 32.2. The van der Waals surface area contributed by atoms with E-state index in [-0.39, 0.29) is 5.82 Å². The molecule has 4 heteroatoms. The predicted molar refractivity (Wildman–Crippen MR) is 77.9 cm³/mol. The molecule has 2 atom stereocenters. The molecule has 1 saturated heterocycles. The van der Waals surface area contributed by atoms with Gasteiger partial charge in [-0.1, -0.05) is 13.8 Å². The quantitative estimate of drug-likeness (QED) is 0.914. The summed E-state index contributed by atoms with van der Waals surface area (Å²) in [6.07, 6.45) is 0.736. The Morgan fingerprint density at radius 2 is 2.00 bits per heavy atom. The minimum atomic E-state index is -0.172. The first-order valence-corrected chi connectivity index (χ1v) is 7.43. The van der Waals surface area contributed by atoms with Gasteiger partial charge in [0, 0.05) is 29.3 Å². The largest absolute Gasteiger partial charge is 0.369 e. The van der Waals surface area contributed by atoms with Gasteiger partial charge in [0.1, 0.15) is 5.82 Å². The molecule has 0 bridgehead atoms. The monoisotopic (exact) mass is 268 g/mol. The topological polar surface area (TPSA) is 29.3 Å². The van der Waals surface area contributed by atoms with Crippen molar-refractivity contribution in [1.29, 1.82) is 0 Å². The number of rotatable bonds is 3. The zero-order valence-electron chi connectivity index (χ0n) is 11.0. The van der Waals surface area contributed by atoms with E-state index in [0.717, 1.165) is 30.8 Å². The van der Waals surface area contributed by atoms with Gasteiger partial charge in [0.25, 0.3) is 0 Å². The number of nitrogens with two attached hydrogens (primary N) is 1. The number of thioether (sulfide) groups is 1. The van der Waals surface area contributed by atoms with E-state index in [0.29, 0.717) is 17.0 Å². The normalized spacial score (nSPS) is 24.3. The van der Waals surface area contributed by atoms with Crippen molar-refractivity contribution in [3.63, 3.8) is 0 Å². The van der Waals surface area contributed by atoms with E-state index in [4.69, 9.17) is 5.73 Å². The van der Waals surface area contributed by atoms with Crippen LogP contribution in [-0.4, -0.2) is 30.1 Å². The van der Waals surface area contributed by atoms with Gasteiger partial charge in [0.15, 0.2) is 0 Å². The first-order valence-electron chi connectivity index (χ1n) is 6.49. The predicted octanol–water partition coefficient (Wildman–Crippen LogP) is 2.66. The van der Waals surface area contributed by atoms with Crippen molar-refractivity contribution >= 4 is 17.4 Å². The van der Waals surface area contributed by atoms with E-state index >= 15 is 0 Å². The van der Waals surface area contributed by atoms with Crippen LogP contribution in [-0.2, 0) is 6.42 Å². The maximum Gasteiger partial charge on any atom is 0.123 e. The minimum Gasteiger partial charge on any atom is -0.369 e. The van der Waals surface area contributed by atoms with Gasteiger partial charge in [-0.15, -0.1) is 0 Å². The van der Waals surface area contributed by atoms with Crippen LogP contribution in [0, 0.1) is 5.82 Å². The summed E-state index contributed by atoms with van der Waals surface area (Å²) in [5, 5.41) is 1.23. The Labute approximate surface area is 113 Å². The summed E-state index contributed by atoms with van der Waals surface area (Å²) in [4.78, 5) is 2.37. The molecule has 2 unspecified atom stereocenters. The zero-order chi connectivity index (χ0) is 13.1. The van der Waals surface area contributed by atoms with Gasteiger partial charge in [0.05, 0.1) is 0 Å². The van der Waals surface area contributed by atoms with Crippen molar-refractivity contribution < 1.29 is 4.39 Å². The molecular formula is C14H21FN2S. The molecule has 1 heterocycles. The number of hydrogen-bond donors (Lipinski definition) is 1. The lowest BCUT2D eigenvalue weighted by atomic mass is 10.1. The van der Waals surface area contributed by atoms with E-state index in [1.165, 1.54) is 0 Å². The van der Waals surface area contributed by atoms with Crippen molar-refractivity contribution in [1.82, 2.24) is 0 Å². The molecule has 1 aromatic carbocycles. The van der Waals surface area contributed by atoms with Crippen molar-refractivity contribution in [3.05, 3.63) is 29.6 Å². The second-order valence-electron chi connectivity index (χ2n) is 4.97. The fraction of sp³-hybridized carbons (Fsp3) is 0.571. The molecule has 0 radical (unpaired) electrons. The fourth-order valence-electron chi connectivity index (χ4n) is 2.59. The van der Waals surface area contributed by atoms with Crippen molar-refractivity contribution in [2.45, 2.75) is 30.8 Å². The summed E-state index contributed by atoms with van der Waals surface area (Å²) in [7, 11) is 0. The Bertz CT molecular complexity index is 401. The number of benzene rings is 1. The Kier molecular flexibility index (Phi) is 4.51. The molecule has 2 N–H and O–H groups in total. The maximum atomic E-state index is 13.3. The second-order valence-corrected chi connectivity index (χ2v) is 6.86. The van der Waals surface area contributed by atoms with E-state index in [1.54, 1.807) is 12.1 Å². The average molecular weight is 268 g/mol. The van der Waals surface area contributed by atoms with Gasteiger partial charge in [0.2, 0.25) is 0 Å². The smallest absolute Gasteiger partial charge is 0.123 e. The Morgan fingerprint density at radius 3 is 2.61 bits per heavy atom. The molecule has 2 nitrogen and oxygen atoms in total. The summed E-state index contributed by atoms with van der Waals surface area (Å²) in [5.41, 5.74) is 7.80. The summed E-state index contributed by atoms with van der Waals surface area (Å²) in [6, 6.07) is 5.07. The van der Waals surface area contributed by atoms with E-state index in [9.17, 15) is 4.39 Å². The van der Waals surface area contributed by atoms with Crippen molar-refractivity contribution in [3.8, 4) is 0 Å². The van der Waals surface area contributed by atoms with Crippen LogP contribution < -0.4 is 10.6 Å². The van der Waals surface area contributed by atoms with Gasteiger partial charge in [-0.3, -0.25) is 0 Å². The maximum absolute atomic E-state index is 13.3. The number of anilines is 1. The summed E-state index contributed by atoms with van der Waals surface area (Å²) in [6.45, 7) is 7.11. The molecule has 1 fully saturated rings. The van der Waals surface area contributed by atoms with Crippen LogP contribution in [0.2, 0.25) is 0 Å². The molecule has 0 saturated carbocycles. The van der Waals surface area contributed by atoms with E-state index in [1.807, 2.05) is 17.8 Å². The molecule has 2 rings (SSSR count). The lowest BCUT2D eigenvalue weighted by Crippen LogP contribution is -2.41. The minimum absolute atomic E-state index is 0.172. The molecule has 18 heavy (non-hydrogen) atoms. The molecule has 1 aromatic rings. The highest BCUT2D eigenvalue weighted by Crippen LogP contribution is 2.31. The standard InChI is InChI=1S/C14H21FN2S/c1-10-8-17(9-11(2)18-10)14-4-3-13(15)7-12(14)5-6-16/h3-4,7,10-11H,5-6,8-9,16H2,1-2H3. The van der Waals surface area contributed by atoms with E-state index in [2.05, 4.69) is 18.7 Å². The van der Waals surface area contributed by atoms with Gasteiger partial charge in [-0.2, -0.15) is 11.8 Å². The lowest BCUT2D eigenvalue weighted by Gasteiger charge is -2.37. The number of nitrogens with zero attached hydrogens (tertiary/aromatic N) is 1. The molecule has 0 aromatic heterocycles. The number of hydrogen-bond acceptors (Lipinski definition) is 3. The first-order chi connectivity index (χ1) is 8.60. The zero-order valence-corrected chi connectivity index (χ0v) is 11.8. The molecule has 0 spiro atoms. The van der Waals surface area contributed by atoms with Crippen molar-refractivity contribution in [2.24, 2.45) is 5.73 Å². The molecule has 1 aliphatic heterocycles. The average Bonchev–Trinajstić information content (AvgIpc) is 2.28. The molecule has 1 aliphatic rings. The highest BCUT2D eigenvalue weighted by molar-refractivity contribution is 8.00. The summed E-state index contributed by atoms with van der Waals surface area (Å²) in [5.74, 6) is -0.172. The van der Waals surface area contributed by atoms with E-state index < -0.39 is 0 Å². The second kappa shape index (κ2) is 5.93. The third-order valence-electron chi connectivity index (χ3n) is 3.22. The van der Waals surface area contributed by atoms with Crippen LogP contribution in [0.3, 0.4) is 0 Å². The van der Waals surface area contributed by atoms with Crippen LogP contribution >= 0.6 is 11.8 Å². The fourth-order valence-corrected chi connectivity index (χ4v) is 3.92. The Morgan fingerprint density at radius 1 is 1.33 bits per heavy atom. The third-order valence-corrected chi connectivity index (χ3v) is 4.44. The van der Waals surface area contributed by atoms with Crippen LogP contribution in [0.1, 0.15) is 19.4 Å². The van der Waals surface area contributed by atoms with Crippen molar-refractivity contribution in [2.75, 3.05) is 24.5 Å². The van der Waals surface area contributed by atoms with Gasteiger partial charge < -0.3 is 10.6 Å².